The summed E-state index contributed by atoms with van der Waals surface area (Å²) in [6.07, 6.45) is 9.59. The van der Waals surface area contributed by atoms with Gasteiger partial charge in [0, 0.05) is 14.1 Å². The summed E-state index contributed by atoms with van der Waals surface area (Å²) < 4.78 is 4.51. The van der Waals surface area contributed by atoms with E-state index in [1.165, 1.54) is 33.0 Å². The standard InChI is InChI=1S/C18H33N3O2S/c1-6-8-10-11-12-14-18(3,13-9-7-2)21-15(22)19(4)17(24)20(5)16(21)23/h6-14H2,1-5H3. The van der Waals surface area contributed by atoms with Crippen molar-refractivity contribution < 1.29 is 0 Å². The lowest BCUT2D eigenvalue weighted by Gasteiger charge is -2.32. The topological polar surface area (TPSA) is 48.9 Å². The van der Waals surface area contributed by atoms with Gasteiger partial charge in [-0.15, -0.1) is 0 Å². The largest absolute Gasteiger partial charge is 0.334 e. The van der Waals surface area contributed by atoms with Crippen LogP contribution in [0, 0.1) is 4.77 Å². The highest BCUT2D eigenvalue weighted by Gasteiger charge is 2.30. The maximum atomic E-state index is 12.8. The van der Waals surface area contributed by atoms with E-state index in [4.69, 9.17) is 12.2 Å². The van der Waals surface area contributed by atoms with E-state index in [1.54, 1.807) is 14.1 Å². The molecule has 24 heavy (non-hydrogen) atoms. The highest BCUT2D eigenvalue weighted by molar-refractivity contribution is 7.71. The van der Waals surface area contributed by atoms with Crippen molar-refractivity contribution >= 4 is 12.2 Å². The first-order chi connectivity index (χ1) is 11.3. The molecule has 1 atom stereocenters. The average Bonchev–Trinajstić information content (AvgIpc) is 2.56. The lowest BCUT2D eigenvalue weighted by atomic mass is 9.88. The molecule has 0 fully saturated rings. The Labute approximate surface area is 150 Å². The smallest absolute Gasteiger partial charge is 0.273 e. The van der Waals surface area contributed by atoms with Crippen molar-refractivity contribution in [1.82, 2.24) is 13.7 Å². The van der Waals surface area contributed by atoms with Gasteiger partial charge in [-0.25, -0.2) is 14.2 Å². The molecule has 0 amide bonds. The number of hydrogen-bond donors (Lipinski definition) is 0. The molecule has 1 heterocycles. The second-order valence-corrected chi connectivity index (χ2v) is 7.43. The molecule has 1 rings (SSSR count). The van der Waals surface area contributed by atoms with Crippen LogP contribution in [0.3, 0.4) is 0 Å². The molecule has 0 N–H and O–H groups in total. The minimum atomic E-state index is -0.449. The van der Waals surface area contributed by atoms with Gasteiger partial charge in [0.25, 0.3) is 0 Å². The highest BCUT2D eigenvalue weighted by Crippen LogP contribution is 2.27. The van der Waals surface area contributed by atoms with E-state index < -0.39 is 5.54 Å². The molecule has 0 aromatic carbocycles. The molecular weight excluding hydrogens is 322 g/mol. The first-order valence-corrected chi connectivity index (χ1v) is 9.60. The van der Waals surface area contributed by atoms with Gasteiger partial charge in [0.15, 0.2) is 4.77 Å². The minimum Gasteiger partial charge on any atom is -0.273 e. The van der Waals surface area contributed by atoms with Crippen LogP contribution in [0.4, 0.5) is 0 Å². The van der Waals surface area contributed by atoms with E-state index in [0.29, 0.717) is 0 Å². The third-order valence-electron chi connectivity index (χ3n) is 4.96. The van der Waals surface area contributed by atoms with Crippen molar-refractivity contribution in [2.45, 2.75) is 84.1 Å². The summed E-state index contributed by atoms with van der Waals surface area (Å²) in [5.74, 6) is 0. The molecule has 0 bridgehead atoms. The van der Waals surface area contributed by atoms with Crippen LogP contribution in [0.1, 0.15) is 78.6 Å². The zero-order valence-electron chi connectivity index (χ0n) is 15.9. The number of nitrogens with zero attached hydrogens (tertiary/aromatic N) is 3. The quantitative estimate of drug-likeness (QED) is 0.473. The number of hydrogen-bond acceptors (Lipinski definition) is 3. The fourth-order valence-corrected chi connectivity index (χ4v) is 3.40. The fourth-order valence-electron chi connectivity index (χ4n) is 3.25. The number of unbranched alkanes of at least 4 members (excludes halogenated alkanes) is 5. The molecule has 0 aliphatic carbocycles. The van der Waals surface area contributed by atoms with Crippen LogP contribution in [0.25, 0.3) is 0 Å². The zero-order valence-corrected chi connectivity index (χ0v) is 16.7. The van der Waals surface area contributed by atoms with Crippen molar-refractivity contribution in [1.29, 1.82) is 0 Å². The molecule has 0 saturated heterocycles. The summed E-state index contributed by atoms with van der Waals surface area (Å²) in [6, 6.07) is 0. The van der Waals surface area contributed by atoms with E-state index in [-0.39, 0.29) is 16.2 Å². The van der Waals surface area contributed by atoms with Crippen molar-refractivity contribution in [2.24, 2.45) is 14.1 Å². The first-order valence-electron chi connectivity index (χ1n) is 9.19. The molecule has 0 aliphatic heterocycles. The van der Waals surface area contributed by atoms with Crippen LogP contribution in [0.5, 0.6) is 0 Å². The third kappa shape index (κ3) is 4.68. The van der Waals surface area contributed by atoms with Crippen LogP contribution in [-0.4, -0.2) is 13.7 Å². The second kappa shape index (κ2) is 9.35. The Morgan fingerprint density at radius 1 is 0.833 bits per heavy atom. The minimum absolute atomic E-state index is 0.266. The summed E-state index contributed by atoms with van der Waals surface area (Å²) in [6.45, 7) is 6.38. The predicted octanol–water partition coefficient (Wildman–Crippen LogP) is 3.88. The van der Waals surface area contributed by atoms with Gasteiger partial charge >= 0.3 is 11.4 Å². The van der Waals surface area contributed by atoms with Crippen LogP contribution in [0.2, 0.25) is 0 Å². The number of rotatable bonds is 10. The van der Waals surface area contributed by atoms with E-state index in [0.717, 1.165) is 38.5 Å². The summed E-state index contributed by atoms with van der Waals surface area (Å²) >= 11 is 5.19. The molecule has 138 valence electrons. The monoisotopic (exact) mass is 355 g/mol. The van der Waals surface area contributed by atoms with Crippen LogP contribution >= 0.6 is 12.2 Å². The molecule has 0 saturated carbocycles. The van der Waals surface area contributed by atoms with Gasteiger partial charge in [0.2, 0.25) is 0 Å². The van der Waals surface area contributed by atoms with Gasteiger partial charge in [0.1, 0.15) is 0 Å². The van der Waals surface area contributed by atoms with Crippen molar-refractivity contribution in [3.63, 3.8) is 0 Å². The third-order valence-corrected chi connectivity index (χ3v) is 5.51. The molecule has 0 radical (unpaired) electrons. The van der Waals surface area contributed by atoms with Gasteiger partial charge in [-0.05, 0) is 32.0 Å². The fraction of sp³-hybridized carbons (Fsp3) is 0.833. The Morgan fingerprint density at radius 2 is 1.29 bits per heavy atom. The normalized spacial score (nSPS) is 13.9. The van der Waals surface area contributed by atoms with Crippen molar-refractivity contribution in [3.05, 3.63) is 25.7 Å². The van der Waals surface area contributed by atoms with Crippen LogP contribution < -0.4 is 11.4 Å². The Kier molecular flexibility index (Phi) is 8.13. The Morgan fingerprint density at radius 3 is 1.79 bits per heavy atom. The maximum Gasteiger partial charge on any atom is 0.334 e. The van der Waals surface area contributed by atoms with Gasteiger partial charge in [0.05, 0.1) is 5.54 Å². The maximum absolute atomic E-state index is 12.8. The summed E-state index contributed by atoms with van der Waals surface area (Å²) in [4.78, 5) is 25.5. The Balaban J connectivity index is 3.23. The highest BCUT2D eigenvalue weighted by atomic mass is 32.1. The van der Waals surface area contributed by atoms with Crippen molar-refractivity contribution in [3.8, 4) is 0 Å². The Hall–Kier alpha value is -1.17. The molecule has 0 spiro atoms. The van der Waals surface area contributed by atoms with E-state index in [2.05, 4.69) is 13.8 Å². The van der Waals surface area contributed by atoms with Crippen LogP contribution in [0.15, 0.2) is 9.59 Å². The molecule has 6 heteroatoms. The SMILES string of the molecule is CCCCCCCC(C)(CCCC)n1c(=O)n(C)c(=S)n(C)c1=O. The predicted molar refractivity (Wildman–Crippen MR) is 102 cm³/mol. The summed E-state index contributed by atoms with van der Waals surface area (Å²) in [5, 5.41) is 0. The first kappa shape index (κ1) is 20.9. The van der Waals surface area contributed by atoms with Gasteiger partial charge in [-0.2, -0.15) is 0 Å². The second-order valence-electron chi connectivity index (χ2n) is 7.07. The van der Waals surface area contributed by atoms with Gasteiger partial charge < -0.3 is 0 Å². The summed E-state index contributed by atoms with van der Waals surface area (Å²) in [5.41, 5.74) is -1.04. The number of aromatic nitrogens is 3. The molecule has 1 aromatic heterocycles. The lowest BCUT2D eigenvalue weighted by Crippen LogP contribution is -2.53. The van der Waals surface area contributed by atoms with Gasteiger partial charge in [-0.3, -0.25) is 9.13 Å². The molecule has 1 aromatic rings. The van der Waals surface area contributed by atoms with E-state index in [9.17, 15) is 9.59 Å². The molecular formula is C18H33N3O2S. The van der Waals surface area contributed by atoms with Crippen molar-refractivity contribution in [2.75, 3.05) is 0 Å². The molecule has 0 aliphatic rings. The van der Waals surface area contributed by atoms with Crippen LogP contribution in [-0.2, 0) is 19.6 Å². The Bertz CT molecular complexity index is 661. The molecule has 5 nitrogen and oxygen atoms in total. The van der Waals surface area contributed by atoms with E-state index in [1.807, 2.05) is 6.92 Å². The van der Waals surface area contributed by atoms with Gasteiger partial charge in [-0.1, -0.05) is 58.8 Å². The lowest BCUT2D eigenvalue weighted by molar-refractivity contribution is 0.223. The average molecular weight is 356 g/mol. The summed E-state index contributed by atoms with van der Waals surface area (Å²) in [7, 11) is 3.28. The molecule has 1 unspecified atom stereocenters. The van der Waals surface area contributed by atoms with E-state index >= 15 is 0 Å². The zero-order chi connectivity index (χ0) is 18.3.